The van der Waals surface area contributed by atoms with Crippen LogP contribution in [-0.2, 0) is 4.79 Å². The van der Waals surface area contributed by atoms with Crippen molar-refractivity contribution in [1.82, 2.24) is 0 Å². The van der Waals surface area contributed by atoms with Crippen molar-refractivity contribution in [3.8, 4) is 0 Å². The van der Waals surface area contributed by atoms with Crippen LogP contribution in [0.1, 0.15) is 43.6 Å². The Hall–Kier alpha value is -0.630. The van der Waals surface area contributed by atoms with Gasteiger partial charge in [0.1, 0.15) is 5.78 Å². The van der Waals surface area contributed by atoms with E-state index < -0.39 is 0 Å². The number of halogens is 1. The lowest BCUT2D eigenvalue weighted by Gasteiger charge is -2.13. The molecule has 1 saturated carbocycles. The van der Waals surface area contributed by atoms with E-state index in [1.165, 1.54) is 18.4 Å². The van der Waals surface area contributed by atoms with Crippen LogP contribution in [0.5, 0.6) is 0 Å². The van der Waals surface area contributed by atoms with Crippen molar-refractivity contribution in [1.29, 1.82) is 0 Å². The van der Waals surface area contributed by atoms with Gasteiger partial charge < -0.3 is 0 Å². The molecule has 0 aromatic heterocycles. The molecule has 1 aliphatic rings. The molecule has 1 aromatic rings. The summed E-state index contributed by atoms with van der Waals surface area (Å²) in [7, 11) is 0. The fraction of sp³-hybridized carbons (Fsp3) is 0.462. The van der Waals surface area contributed by atoms with Crippen LogP contribution in [0.15, 0.2) is 28.7 Å². The number of benzene rings is 1. The number of rotatable bonds is 1. The van der Waals surface area contributed by atoms with E-state index >= 15 is 0 Å². The normalized spacial score (nSPS) is 22.5. The summed E-state index contributed by atoms with van der Waals surface area (Å²) in [4.78, 5) is 11.9. The van der Waals surface area contributed by atoms with E-state index in [9.17, 15) is 4.79 Å². The summed E-state index contributed by atoms with van der Waals surface area (Å²) >= 11 is 3.46. The SMILES string of the molecule is O=C1CCCCC[C@H]1c1cccc(Br)c1. The van der Waals surface area contributed by atoms with Crippen LogP contribution in [0.3, 0.4) is 0 Å². The van der Waals surface area contributed by atoms with Crippen molar-refractivity contribution >= 4 is 21.7 Å². The molecule has 1 aliphatic carbocycles. The zero-order valence-electron chi connectivity index (χ0n) is 8.71. The summed E-state index contributed by atoms with van der Waals surface area (Å²) in [5, 5.41) is 0. The van der Waals surface area contributed by atoms with Gasteiger partial charge >= 0.3 is 0 Å². The predicted octanol–water partition coefficient (Wildman–Crippen LogP) is 4.07. The fourth-order valence-corrected chi connectivity index (χ4v) is 2.65. The first-order valence-corrected chi connectivity index (χ1v) is 6.35. The molecule has 15 heavy (non-hydrogen) atoms. The molecule has 0 radical (unpaired) electrons. The van der Waals surface area contributed by atoms with Crippen molar-refractivity contribution in [2.24, 2.45) is 0 Å². The van der Waals surface area contributed by atoms with Crippen LogP contribution in [0.25, 0.3) is 0 Å². The second kappa shape index (κ2) is 4.93. The van der Waals surface area contributed by atoms with Crippen LogP contribution in [0.4, 0.5) is 0 Å². The second-order valence-electron chi connectivity index (χ2n) is 4.17. The van der Waals surface area contributed by atoms with Gasteiger partial charge in [0.05, 0.1) is 0 Å². The maximum absolute atomic E-state index is 11.9. The molecule has 0 spiro atoms. The number of hydrogen-bond acceptors (Lipinski definition) is 1. The van der Waals surface area contributed by atoms with Gasteiger partial charge in [0, 0.05) is 16.8 Å². The van der Waals surface area contributed by atoms with Gasteiger partial charge in [0.2, 0.25) is 0 Å². The van der Waals surface area contributed by atoms with Gasteiger partial charge in [-0.1, -0.05) is 40.9 Å². The molecule has 0 amide bonds. The highest BCUT2D eigenvalue weighted by Gasteiger charge is 2.22. The predicted molar refractivity (Wildman–Crippen MR) is 65.0 cm³/mol. The first-order valence-electron chi connectivity index (χ1n) is 5.55. The molecular formula is C13H15BrO. The highest BCUT2D eigenvalue weighted by atomic mass is 79.9. The van der Waals surface area contributed by atoms with E-state index in [2.05, 4.69) is 28.1 Å². The van der Waals surface area contributed by atoms with Crippen molar-refractivity contribution in [2.75, 3.05) is 0 Å². The third-order valence-electron chi connectivity index (χ3n) is 3.06. The highest BCUT2D eigenvalue weighted by Crippen LogP contribution is 2.30. The number of Topliss-reactive ketones (excluding diaryl/α,β-unsaturated/α-hetero) is 1. The summed E-state index contributed by atoms with van der Waals surface area (Å²) in [5.74, 6) is 0.565. The van der Waals surface area contributed by atoms with Crippen molar-refractivity contribution in [2.45, 2.75) is 38.0 Å². The van der Waals surface area contributed by atoms with E-state index in [0.29, 0.717) is 5.78 Å². The van der Waals surface area contributed by atoms with Crippen LogP contribution in [0.2, 0.25) is 0 Å². The second-order valence-corrected chi connectivity index (χ2v) is 5.09. The number of hydrogen-bond donors (Lipinski definition) is 0. The first kappa shape index (κ1) is 10.9. The zero-order valence-corrected chi connectivity index (χ0v) is 10.3. The molecule has 80 valence electrons. The average Bonchev–Trinajstić information content (AvgIpc) is 2.43. The van der Waals surface area contributed by atoms with Gasteiger partial charge in [0.25, 0.3) is 0 Å². The Morgan fingerprint density at radius 3 is 2.87 bits per heavy atom. The molecule has 0 aliphatic heterocycles. The lowest BCUT2D eigenvalue weighted by molar-refractivity contribution is -0.120. The quantitative estimate of drug-likeness (QED) is 0.701. The number of carbonyl (C=O) groups excluding carboxylic acids is 1. The van der Waals surface area contributed by atoms with Crippen LogP contribution < -0.4 is 0 Å². The van der Waals surface area contributed by atoms with E-state index in [1.807, 2.05) is 12.1 Å². The summed E-state index contributed by atoms with van der Waals surface area (Å²) in [6.45, 7) is 0. The van der Waals surface area contributed by atoms with Crippen LogP contribution in [-0.4, -0.2) is 5.78 Å². The van der Waals surface area contributed by atoms with Gasteiger partial charge in [-0.05, 0) is 30.5 Å². The molecule has 0 bridgehead atoms. The summed E-state index contributed by atoms with van der Waals surface area (Å²) < 4.78 is 1.07. The average molecular weight is 267 g/mol. The minimum Gasteiger partial charge on any atom is -0.299 e. The van der Waals surface area contributed by atoms with Crippen molar-refractivity contribution < 1.29 is 4.79 Å². The van der Waals surface area contributed by atoms with Gasteiger partial charge in [0.15, 0.2) is 0 Å². The third-order valence-corrected chi connectivity index (χ3v) is 3.55. The highest BCUT2D eigenvalue weighted by molar-refractivity contribution is 9.10. The van der Waals surface area contributed by atoms with Gasteiger partial charge in [-0.25, -0.2) is 0 Å². The largest absolute Gasteiger partial charge is 0.299 e. The summed E-state index contributed by atoms with van der Waals surface area (Å²) in [6.07, 6.45) is 5.25. The van der Waals surface area contributed by atoms with Gasteiger partial charge in [-0.3, -0.25) is 4.79 Å². The Kier molecular flexibility index (Phi) is 3.57. The first-order chi connectivity index (χ1) is 7.27. The molecule has 1 atom stereocenters. The third kappa shape index (κ3) is 2.69. The van der Waals surface area contributed by atoms with Crippen molar-refractivity contribution in [3.63, 3.8) is 0 Å². The topological polar surface area (TPSA) is 17.1 Å². The number of carbonyl (C=O) groups is 1. The Labute approximate surface area is 99.0 Å². The maximum atomic E-state index is 11.9. The lowest BCUT2D eigenvalue weighted by Crippen LogP contribution is -2.10. The standard InChI is InChI=1S/C13H15BrO/c14-11-6-4-5-10(9-11)12-7-2-1-3-8-13(12)15/h4-6,9,12H,1-3,7-8H2/t12-/m0/s1. The van der Waals surface area contributed by atoms with Crippen LogP contribution >= 0.6 is 15.9 Å². The molecule has 2 rings (SSSR count). The Morgan fingerprint density at radius 1 is 1.20 bits per heavy atom. The Morgan fingerprint density at radius 2 is 2.07 bits per heavy atom. The number of ketones is 1. The Balaban J connectivity index is 2.24. The van der Waals surface area contributed by atoms with E-state index in [4.69, 9.17) is 0 Å². The molecule has 0 N–H and O–H groups in total. The summed E-state index contributed by atoms with van der Waals surface area (Å²) in [5.41, 5.74) is 1.18. The van der Waals surface area contributed by atoms with E-state index in [1.54, 1.807) is 0 Å². The molecular weight excluding hydrogens is 252 g/mol. The molecule has 0 heterocycles. The summed E-state index contributed by atoms with van der Waals surface area (Å²) in [6, 6.07) is 8.16. The zero-order chi connectivity index (χ0) is 10.7. The molecule has 1 nitrogen and oxygen atoms in total. The minimum atomic E-state index is 0.144. The van der Waals surface area contributed by atoms with E-state index in [0.717, 1.165) is 23.7 Å². The molecule has 0 unspecified atom stereocenters. The monoisotopic (exact) mass is 266 g/mol. The molecule has 0 saturated heterocycles. The molecule has 2 heteroatoms. The fourth-order valence-electron chi connectivity index (χ4n) is 2.24. The van der Waals surface area contributed by atoms with E-state index in [-0.39, 0.29) is 5.92 Å². The molecule has 1 aromatic carbocycles. The molecule has 1 fully saturated rings. The smallest absolute Gasteiger partial charge is 0.140 e. The minimum absolute atomic E-state index is 0.144. The maximum Gasteiger partial charge on any atom is 0.140 e. The van der Waals surface area contributed by atoms with Gasteiger partial charge in [-0.15, -0.1) is 0 Å². The van der Waals surface area contributed by atoms with Gasteiger partial charge in [-0.2, -0.15) is 0 Å². The van der Waals surface area contributed by atoms with Crippen molar-refractivity contribution in [3.05, 3.63) is 34.3 Å². The van der Waals surface area contributed by atoms with Crippen LogP contribution in [0, 0.1) is 0 Å². The lowest BCUT2D eigenvalue weighted by atomic mass is 9.91. The Bertz CT molecular complexity index is 359.